The van der Waals surface area contributed by atoms with Gasteiger partial charge in [-0.3, -0.25) is 0 Å². The molecule has 1 heterocycles. The summed E-state index contributed by atoms with van der Waals surface area (Å²) < 4.78 is 0. The molecule has 106 valence electrons. The van der Waals surface area contributed by atoms with Gasteiger partial charge < -0.3 is 10.2 Å². The third kappa shape index (κ3) is 2.75. The van der Waals surface area contributed by atoms with Crippen molar-refractivity contribution >= 4 is 0 Å². The maximum atomic E-state index is 3.59. The SMILES string of the molecule is CNC1C(CN2CCCC(C)C2C)CCC1(C)C. The van der Waals surface area contributed by atoms with Crippen LogP contribution in [0.5, 0.6) is 0 Å². The fourth-order valence-corrected chi connectivity index (χ4v) is 4.32. The molecule has 2 heteroatoms. The van der Waals surface area contributed by atoms with Gasteiger partial charge in [0.05, 0.1) is 0 Å². The van der Waals surface area contributed by atoms with Crippen LogP contribution in [-0.4, -0.2) is 37.1 Å². The molecule has 1 saturated carbocycles. The molecule has 0 amide bonds. The molecular formula is C16H32N2. The molecule has 0 aromatic heterocycles. The highest BCUT2D eigenvalue weighted by molar-refractivity contribution is 4.97. The van der Waals surface area contributed by atoms with E-state index in [1.54, 1.807) is 0 Å². The highest BCUT2D eigenvalue weighted by Crippen LogP contribution is 2.42. The Kier molecular flexibility index (Phi) is 4.38. The molecule has 2 aliphatic rings. The Morgan fingerprint density at radius 1 is 1.22 bits per heavy atom. The van der Waals surface area contributed by atoms with Gasteiger partial charge in [0.15, 0.2) is 0 Å². The van der Waals surface area contributed by atoms with E-state index in [0.717, 1.165) is 17.9 Å². The zero-order chi connectivity index (χ0) is 13.3. The van der Waals surface area contributed by atoms with Crippen molar-refractivity contribution in [2.75, 3.05) is 20.1 Å². The van der Waals surface area contributed by atoms with Crippen LogP contribution in [0.15, 0.2) is 0 Å². The number of likely N-dealkylation sites (tertiary alicyclic amines) is 1. The molecule has 0 aromatic carbocycles. The Hall–Kier alpha value is -0.0800. The van der Waals surface area contributed by atoms with Crippen LogP contribution in [0.4, 0.5) is 0 Å². The van der Waals surface area contributed by atoms with Crippen molar-refractivity contribution < 1.29 is 0 Å². The molecule has 18 heavy (non-hydrogen) atoms. The predicted octanol–water partition coefficient (Wildman–Crippen LogP) is 3.13. The Bertz CT molecular complexity index is 274. The van der Waals surface area contributed by atoms with Crippen molar-refractivity contribution in [2.24, 2.45) is 17.3 Å². The van der Waals surface area contributed by atoms with Gasteiger partial charge in [0.2, 0.25) is 0 Å². The molecule has 2 nitrogen and oxygen atoms in total. The number of piperidine rings is 1. The summed E-state index contributed by atoms with van der Waals surface area (Å²) in [4.78, 5) is 2.75. The van der Waals surface area contributed by atoms with Crippen molar-refractivity contribution in [3.8, 4) is 0 Å². The molecule has 0 aromatic rings. The lowest BCUT2D eigenvalue weighted by Crippen LogP contribution is -2.49. The molecular weight excluding hydrogens is 220 g/mol. The second-order valence-electron chi connectivity index (χ2n) is 7.41. The van der Waals surface area contributed by atoms with Gasteiger partial charge in [-0.05, 0) is 63.5 Å². The average Bonchev–Trinajstić information content (AvgIpc) is 2.60. The molecule has 1 saturated heterocycles. The smallest absolute Gasteiger partial charge is 0.0156 e. The number of nitrogens with zero attached hydrogens (tertiary/aromatic N) is 1. The van der Waals surface area contributed by atoms with Gasteiger partial charge in [0, 0.05) is 18.6 Å². The van der Waals surface area contributed by atoms with Gasteiger partial charge in [-0.15, -0.1) is 0 Å². The summed E-state index contributed by atoms with van der Waals surface area (Å²) in [5.41, 5.74) is 0.476. The van der Waals surface area contributed by atoms with E-state index in [1.165, 1.54) is 38.8 Å². The van der Waals surface area contributed by atoms with Gasteiger partial charge in [0.1, 0.15) is 0 Å². The summed E-state index contributed by atoms with van der Waals surface area (Å²) in [5.74, 6) is 1.72. The first-order chi connectivity index (χ1) is 8.45. The van der Waals surface area contributed by atoms with E-state index in [-0.39, 0.29) is 0 Å². The molecule has 2 fully saturated rings. The van der Waals surface area contributed by atoms with Crippen LogP contribution >= 0.6 is 0 Å². The monoisotopic (exact) mass is 252 g/mol. The van der Waals surface area contributed by atoms with E-state index in [0.29, 0.717) is 11.5 Å². The van der Waals surface area contributed by atoms with Crippen LogP contribution in [0.3, 0.4) is 0 Å². The van der Waals surface area contributed by atoms with Crippen molar-refractivity contribution in [2.45, 2.75) is 65.5 Å². The second-order valence-corrected chi connectivity index (χ2v) is 7.41. The molecule has 4 atom stereocenters. The molecule has 0 radical (unpaired) electrons. The maximum Gasteiger partial charge on any atom is 0.0156 e. The van der Waals surface area contributed by atoms with Crippen LogP contribution in [-0.2, 0) is 0 Å². The van der Waals surface area contributed by atoms with E-state index in [4.69, 9.17) is 0 Å². The lowest BCUT2D eigenvalue weighted by atomic mass is 9.84. The number of hydrogen-bond donors (Lipinski definition) is 1. The van der Waals surface area contributed by atoms with Gasteiger partial charge in [-0.25, -0.2) is 0 Å². The van der Waals surface area contributed by atoms with Crippen LogP contribution in [0.2, 0.25) is 0 Å². The number of hydrogen-bond acceptors (Lipinski definition) is 2. The summed E-state index contributed by atoms with van der Waals surface area (Å²) in [5, 5.41) is 3.59. The highest BCUT2D eigenvalue weighted by atomic mass is 15.2. The minimum atomic E-state index is 0.476. The van der Waals surface area contributed by atoms with Gasteiger partial charge in [-0.2, -0.15) is 0 Å². The first-order valence-corrected chi connectivity index (χ1v) is 7.87. The lowest BCUT2D eigenvalue weighted by molar-refractivity contribution is 0.0861. The maximum absolute atomic E-state index is 3.59. The highest BCUT2D eigenvalue weighted by Gasteiger charge is 2.42. The van der Waals surface area contributed by atoms with Crippen molar-refractivity contribution in [3.05, 3.63) is 0 Å². The largest absolute Gasteiger partial charge is 0.316 e. The van der Waals surface area contributed by atoms with Gasteiger partial charge in [0.25, 0.3) is 0 Å². The third-order valence-electron chi connectivity index (χ3n) is 5.76. The van der Waals surface area contributed by atoms with Crippen molar-refractivity contribution in [3.63, 3.8) is 0 Å². The summed E-state index contributed by atoms with van der Waals surface area (Å²) in [6.45, 7) is 12.3. The minimum Gasteiger partial charge on any atom is -0.316 e. The zero-order valence-corrected chi connectivity index (χ0v) is 13.0. The Labute approximate surface area is 114 Å². The number of nitrogens with one attached hydrogen (secondary N) is 1. The molecule has 1 aliphatic carbocycles. The minimum absolute atomic E-state index is 0.476. The Balaban J connectivity index is 1.97. The average molecular weight is 252 g/mol. The fraction of sp³-hybridized carbons (Fsp3) is 1.00. The van der Waals surface area contributed by atoms with E-state index >= 15 is 0 Å². The fourth-order valence-electron chi connectivity index (χ4n) is 4.32. The first-order valence-electron chi connectivity index (χ1n) is 7.87. The quantitative estimate of drug-likeness (QED) is 0.830. The van der Waals surface area contributed by atoms with E-state index in [9.17, 15) is 0 Å². The molecule has 1 N–H and O–H groups in total. The zero-order valence-electron chi connectivity index (χ0n) is 13.0. The topological polar surface area (TPSA) is 15.3 Å². The molecule has 4 unspecified atom stereocenters. The van der Waals surface area contributed by atoms with Crippen molar-refractivity contribution in [1.29, 1.82) is 0 Å². The number of rotatable bonds is 3. The van der Waals surface area contributed by atoms with Crippen LogP contribution in [0.1, 0.15) is 53.4 Å². The van der Waals surface area contributed by atoms with E-state index in [1.807, 2.05) is 0 Å². The molecule has 1 aliphatic heterocycles. The summed E-state index contributed by atoms with van der Waals surface area (Å²) >= 11 is 0. The Morgan fingerprint density at radius 3 is 2.61 bits per heavy atom. The van der Waals surface area contributed by atoms with E-state index < -0.39 is 0 Å². The first kappa shape index (κ1) is 14.3. The summed E-state index contributed by atoms with van der Waals surface area (Å²) in [6.07, 6.45) is 5.59. The van der Waals surface area contributed by atoms with Crippen LogP contribution < -0.4 is 5.32 Å². The normalized spacial score (nSPS) is 41.2. The second kappa shape index (κ2) is 5.50. The van der Waals surface area contributed by atoms with Crippen LogP contribution in [0, 0.1) is 17.3 Å². The lowest BCUT2D eigenvalue weighted by Gasteiger charge is -2.41. The van der Waals surface area contributed by atoms with Gasteiger partial charge in [-0.1, -0.05) is 20.8 Å². The van der Waals surface area contributed by atoms with E-state index in [2.05, 4.69) is 45.0 Å². The third-order valence-corrected chi connectivity index (χ3v) is 5.76. The Morgan fingerprint density at radius 2 is 1.94 bits per heavy atom. The summed E-state index contributed by atoms with van der Waals surface area (Å²) in [7, 11) is 2.15. The van der Waals surface area contributed by atoms with Crippen LogP contribution in [0.25, 0.3) is 0 Å². The standard InChI is InChI=1S/C16H32N2/c1-12-7-6-10-18(13(12)2)11-14-8-9-16(3,4)15(14)17-5/h12-15,17H,6-11H2,1-5H3. The molecule has 0 bridgehead atoms. The summed E-state index contributed by atoms with van der Waals surface area (Å²) in [6, 6.07) is 1.47. The van der Waals surface area contributed by atoms with Crippen molar-refractivity contribution in [1.82, 2.24) is 10.2 Å². The molecule has 0 spiro atoms. The predicted molar refractivity (Wildman–Crippen MR) is 78.8 cm³/mol. The molecule has 2 rings (SSSR count). The van der Waals surface area contributed by atoms with Gasteiger partial charge >= 0.3 is 0 Å².